The van der Waals surface area contributed by atoms with E-state index >= 15 is 0 Å². The first-order valence-electron chi connectivity index (χ1n) is 3.59. The molecule has 1 aromatic heterocycles. The lowest BCUT2D eigenvalue weighted by molar-refractivity contribution is 0.565. The van der Waals surface area contributed by atoms with E-state index in [1.165, 1.54) is 6.08 Å². The van der Waals surface area contributed by atoms with E-state index in [1.807, 2.05) is 0 Å². The van der Waals surface area contributed by atoms with Crippen molar-refractivity contribution in [3.05, 3.63) is 23.0 Å². The van der Waals surface area contributed by atoms with Gasteiger partial charge in [0, 0.05) is 0 Å². The van der Waals surface area contributed by atoms with Gasteiger partial charge in [-0.2, -0.15) is 4.99 Å². The summed E-state index contributed by atoms with van der Waals surface area (Å²) in [6.45, 7) is 0. The van der Waals surface area contributed by atoms with Crippen molar-refractivity contribution in [3.8, 4) is 0 Å². The Bertz CT molecular complexity index is 548. The van der Waals surface area contributed by atoms with E-state index in [2.05, 4.69) is 15.0 Å². The van der Waals surface area contributed by atoms with Crippen LogP contribution in [-0.2, 0) is 4.79 Å². The third-order valence-electron chi connectivity index (χ3n) is 1.67. The van der Waals surface area contributed by atoms with Crippen LogP contribution in [0.25, 0.3) is 11.0 Å². The van der Waals surface area contributed by atoms with Crippen LogP contribution in [0.2, 0.25) is 0 Å². The minimum atomic E-state index is 0.558. The highest BCUT2D eigenvalue weighted by Crippen LogP contribution is 2.17. The number of benzene rings is 1. The molecule has 2 rings (SSSR count). The Kier molecular flexibility index (Phi) is 1.81. The molecule has 1 heterocycles. The highest BCUT2D eigenvalue weighted by molar-refractivity contribution is 7.71. The van der Waals surface area contributed by atoms with Crippen LogP contribution in [0.1, 0.15) is 0 Å². The molecule has 0 atom stereocenters. The second-order valence-corrected chi connectivity index (χ2v) is 2.92. The number of aliphatic imine (C=N–C) groups is 1. The smallest absolute Gasteiger partial charge is 0.240 e. The summed E-state index contributed by atoms with van der Waals surface area (Å²) in [5.74, 6) is 0. The van der Waals surface area contributed by atoms with Crippen molar-refractivity contribution in [1.29, 1.82) is 0 Å². The summed E-state index contributed by atoms with van der Waals surface area (Å²) < 4.78 is 0.558. The molecule has 0 saturated heterocycles. The van der Waals surface area contributed by atoms with E-state index in [0.29, 0.717) is 10.5 Å². The van der Waals surface area contributed by atoms with Gasteiger partial charge in [0.25, 0.3) is 0 Å². The predicted octanol–water partition coefficient (Wildman–Crippen LogP) is 2.19. The van der Waals surface area contributed by atoms with Crippen LogP contribution >= 0.6 is 12.2 Å². The highest BCUT2D eigenvalue weighted by Gasteiger charge is 1.96. The number of rotatable bonds is 1. The predicted molar refractivity (Wildman–Crippen MR) is 51.3 cm³/mol. The van der Waals surface area contributed by atoms with Crippen molar-refractivity contribution in [2.45, 2.75) is 0 Å². The summed E-state index contributed by atoms with van der Waals surface area (Å²) in [7, 11) is 0. The van der Waals surface area contributed by atoms with Gasteiger partial charge in [0.05, 0.1) is 16.7 Å². The Balaban J connectivity index is 2.74. The molecule has 0 amide bonds. The number of carbonyl (C=O) groups excluding carboxylic acids is 1. The summed E-state index contributed by atoms with van der Waals surface area (Å²) in [6, 6.07) is 5.25. The van der Waals surface area contributed by atoms with Crippen LogP contribution in [0.3, 0.4) is 0 Å². The number of aromatic amines is 2. The van der Waals surface area contributed by atoms with Gasteiger partial charge in [-0.3, -0.25) is 0 Å². The molecule has 4 nitrogen and oxygen atoms in total. The van der Waals surface area contributed by atoms with Gasteiger partial charge in [0.2, 0.25) is 6.08 Å². The van der Waals surface area contributed by atoms with Crippen molar-refractivity contribution in [3.63, 3.8) is 0 Å². The van der Waals surface area contributed by atoms with Gasteiger partial charge < -0.3 is 9.97 Å². The van der Waals surface area contributed by atoms with Gasteiger partial charge in [0.1, 0.15) is 0 Å². The Morgan fingerprint density at radius 1 is 1.31 bits per heavy atom. The minimum absolute atomic E-state index is 0.558. The van der Waals surface area contributed by atoms with Crippen LogP contribution in [0.15, 0.2) is 23.2 Å². The summed E-state index contributed by atoms with van der Waals surface area (Å²) in [4.78, 5) is 19.4. The number of hydrogen-bond donors (Lipinski definition) is 2. The van der Waals surface area contributed by atoms with Crippen molar-refractivity contribution in [2.75, 3.05) is 0 Å². The lowest BCUT2D eigenvalue weighted by Gasteiger charge is -1.89. The molecule has 13 heavy (non-hydrogen) atoms. The molecule has 5 heteroatoms. The van der Waals surface area contributed by atoms with Crippen LogP contribution in [-0.4, -0.2) is 16.0 Å². The average Bonchev–Trinajstić information content (AvgIpc) is 2.44. The Hall–Kier alpha value is -1.71. The number of hydrogen-bond acceptors (Lipinski definition) is 3. The molecule has 64 valence electrons. The standard InChI is InChI=1S/C8H5N3OS/c12-4-9-5-1-2-6-7(3-5)11-8(13)10-6/h1-3H,(H2,10,11,13). The third kappa shape index (κ3) is 1.42. The molecule has 0 unspecified atom stereocenters. The first-order chi connectivity index (χ1) is 6.29. The fraction of sp³-hybridized carbons (Fsp3) is 0. The van der Waals surface area contributed by atoms with Crippen LogP contribution in [0.4, 0.5) is 5.69 Å². The van der Waals surface area contributed by atoms with Crippen molar-refractivity contribution >= 4 is 35.0 Å². The van der Waals surface area contributed by atoms with E-state index in [1.54, 1.807) is 18.2 Å². The first kappa shape index (κ1) is 7.91. The summed E-state index contributed by atoms with van der Waals surface area (Å²) in [6.07, 6.45) is 1.48. The SMILES string of the molecule is O=C=Nc1ccc2[nH]c(=S)[nH]c2c1. The van der Waals surface area contributed by atoms with Gasteiger partial charge >= 0.3 is 0 Å². The number of fused-ring (bicyclic) bond motifs is 1. The maximum absolute atomic E-state index is 9.99. The number of H-pyrrole nitrogens is 2. The Morgan fingerprint density at radius 2 is 2.08 bits per heavy atom. The first-order valence-corrected chi connectivity index (χ1v) is 4.00. The van der Waals surface area contributed by atoms with Crippen molar-refractivity contribution in [1.82, 2.24) is 9.97 Å². The second kappa shape index (κ2) is 2.97. The normalized spacial score (nSPS) is 9.85. The average molecular weight is 191 g/mol. The van der Waals surface area contributed by atoms with Crippen LogP contribution in [0, 0.1) is 4.77 Å². The molecular formula is C8H5N3OS. The number of isocyanates is 1. The van der Waals surface area contributed by atoms with E-state index in [-0.39, 0.29) is 0 Å². The monoisotopic (exact) mass is 191 g/mol. The molecule has 0 spiro atoms. The zero-order valence-corrected chi connectivity index (χ0v) is 7.31. The molecule has 0 fully saturated rings. The van der Waals surface area contributed by atoms with E-state index < -0.39 is 0 Å². The molecule has 0 aliphatic rings. The Labute approximate surface area is 78.3 Å². The molecule has 0 radical (unpaired) electrons. The molecule has 0 aliphatic heterocycles. The van der Waals surface area contributed by atoms with Gasteiger partial charge in [-0.05, 0) is 30.4 Å². The molecule has 2 aromatic rings. The van der Waals surface area contributed by atoms with Gasteiger partial charge in [-0.25, -0.2) is 4.79 Å². The van der Waals surface area contributed by atoms with Gasteiger partial charge in [-0.15, -0.1) is 0 Å². The highest BCUT2D eigenvalue weighted by atomic mass is 32.1. The van der Waals surface area contributed by atoms with Gasteiger partial charge in [0.15, 0.2) is 4.77 Å². The molecular weight excluding hydrogens is 186 g/mol. The fourth-order valence-electron chi connectivity index (χ4n) is 1.14. The number of imidazole rings is 1. The quantitative estimate of drug-likeness (QED) is 0.412. The van der Waals surface area contributed by atoms with E-state index in [9.17, 15) is 4.79 Å². The molecule has 0 saturated carbocycles. The minimum Gasteiger partial charge on any atom is -0.331 e. The third-order valence-corrected chi connectivity index (χ3v) is 1.88. The van der Waals surface area contributed by atoms with E-state index in [0.717, 1.165) is 11.0 Å². The molecule has 2 N–H and O–H groups in total. The second-order valence-electron chi connectivity index (χ2n) is 2.51. The molecule has 0 bridgehead atoms. The topological polar surface area (TPSA) is 61.0 Å². The molecule has 1 aromatic carbocycles. The van der Waals surface area contributed by atoms with E-state index in [4.69, 9.17) is 12.2 Å². The van der Waals surface area contributed by atoms with Crippen molar-refractivity contribution < 1.29 is 4.79 Å². The zero-order chi connectivity index (χ0) is 9.26. The number of nitrogens with zero attached hydrogens (tertiary/aromatic N) is 1. The largest absolute Gasteiger partial charge is 0.331 e. The molecule has 0 aliphatic carbocycles. The maximum atomic E-state index is 9.99. The zero-order valence-electron chi connectivity index (χ0n) is 6.50. The van der Waals surface area contributed by atoms with Crippen LogP contribution < -0.4 is 0 Å². The van der Waals surface area contributed by atoms with Gasteiger partial charge in [-0.1, -0.05) is 0 Å². The number of aromatic nitrogens is 2. The lowest BCUT2D eigenvalue weighted by atomic mass is 10.3. The fourth-order valence-corrected chi connectivity index (χ4v) is 1.36. The van der Waals surface area contributed by atoms with Crippen molar-refractivity contribution in [2.24, 2.45) is 4.99 Å². The summed E-state index contributed by atoms with van der Waals surface area (Å²) in [5.41, 5.74) is 2.30. The Morgan fingerprint density at radius 3 is 2.85 bits per heavy atom. The number of nitrogens with one attached hydrogen (secondary N) is 2. The lowest BCUT2D eigenvalue weighted by Crippen LogP contribution is -1.68. The summed E-state index contributed by atoms with van der Waals surface area (Å²) >= 11 is 4.90. The van der Waals surface area contributed by atoms with Crippen LogP contribution in [0.5, 0.6) is 0 Å². The maximum Gasteiger partial charge on any atom is 0.240 e. The summed E-state index contributed by atoms with van der Waals surface area (Å²) in [5, 5.41) is 0.